The van der Waals surface area contributed by atoms with Crippen LogP contribution in [-0.4, -0.2) is 11.2 Å². The highest BCUT2D eigenvalue weighted by molar-refractivity contribution is 7.80. The van der Waals surface area contributed by atoms with Crippen molar-refractivity contribution in [2.75, 3.05) is 0 Å². The highest BCUT2D eigenvalue weighted by atomic mass is 32.1. The Labute approximate surface area is 79.8 Å². The van der Waals surface area contributed by atoms with Crippen molar-refractivity contribution in [2.24, 2.45) is 0 Å². The average molecular weight is 184 g/mol. The molecule has 1 fully saturated rings. The van der Waals surface area contributed by atoms with E-state index in [1.54, 1.807) is 0 Å². The largest absolute Gasteiger partial charge is 0.480 e. The van der Waals surface area contributed by atoms with E-state index in [9.17, 15) is 0 Å². The molecular weight excluding hydrogens is 168 g/mol. The third kappa shape index (κ3) is 2.94. The third-order valence-corrected chi connectivity index (χ3v) is 2.62. The van der Waals surface area contributed by atoms with E-state index < -0.39 is 0 Å². The molecule has 0 spiro atoms. The van der Waals surface area contributed by atoms with Crippen LogP contribution in [0.15, 0.2) is 12.2 Å². The second-order valence-electron chi connectivity index (χ2n) is 3.45. The number of ether oxygens (including phenoxy) is 1. The first kappa shape index (κ1) is 9.72. The van der Waals surface area contributed by atoms with Crippen LogP contribution in [0.2, 0.25) is 0 Å². The number of hydrogen-bond donors (Lipinski definition) is 0. The Balaban J connectivity index is 2.29. The average Bonchev–Trinajstić information content (AvgIpc) is 2.06. The van der Waals surface area contributed by atoms with Gasteiger partial charge in [-0.3, -0.25) is 0 Å². The summed E-state index contributed by atoms with van der Waals surface area (Å²) in [5.41, 5.74) is 0.871. The molecule has 0 heterocycles. The Bertz CT molecular complexity index is 180. The van der Waals surface area contributed by atoms with Gasteiger partial charge in [-0.25, -0.2) is 0 Å². The van der Waals surface area contributed by atoms with E-state index in [1.807, 2.05) is 6.92 Å². The summed E-state index contributed by atoms with van der Waals surface area (Å²) in [7, 11) is 0. The van der Waals surface area contributed by atoms with Gasteiger partial charge in [-0.15, -0.1) is 0 Å². The Kier molecular flexibility index (Phi) is 3.73. The van der Waals surface area contributed by atoms with E-state index >= 15 is 0 Å². The monoisotopic (exact) mass is 184 g/mol. The van der Waals surface area contributed by atoms with E-state index in [4.69, 9.17) is 17.0 Å². The molecule has 1 aliphatic rings. The summed E-state index contributed by atoms with van der Waals surface area (Å²) in [6.45, 7) is 5.65. The van der Waals surface area contributed by atoms with E-state index in [-0.39, 0.29) is 0 Å². The second-order valence-corrected chi connectivity index (χ2v) is 3.82. The van der Waals surface area contributed by atoms with Crippen LogP contribution >= 0.6 is 12.2 Å². The minimum Gasteiger partial charge on any atom is -0.480 e. The van der Waals surface area contributed by atoms with Gasteiger partial charge < -0.3 is 4.74 Å². The molecule has 0 aliphatic heterocycles. The van der Waals surface area contributed by atoms with Crippen LogP contribution < -0.4 is 0 Å². The molecule has 0 amide bonds. The van der Waals surface area contributed by atoms with Gasteiger partial charge in [0.2, 0.25) is 0 Å². The highest BCUT2D eigenvalue weighted by Gasteiger charge is 2.15. The zero-order valence-electron chi connectivity index (χ0n) is 7.64. The number of thiocarbonyl (C=S) groups is 1. The fraction of sp³-hybridized carbons (Fsp3) is 0.700. The summed E-state index contributed by atoms with van der Waals surface area (Å²) in [6.07, 6.45) is 6.59. The molecule has 0 atom stereocenters. The Hall–Kier alpha value is -0.370. The fourth-order valence-corrected chi connectivity index (χ4v) is 1.57. The van der Waals surface area contributed by atoms with Gasteiger partial charge in [0, 0.05) is 0 Å². The van der Waals surface area contributed by atoms with Gasteiger partial charge in [0.05, 0.1) is 6.10 Å². The first-order chi connectivity index (χ1) is 5.70. The highest BCUT2D eigenvalue weighted by Crippen LogP contribution is 2.21. The lowest BCUT2D eigenvalue weighted by molar-refractivity contribution is 0.148. The first-order valence-corrected chi connectivity index (χ1v) is 4.97. The Morgan fingerprint density at radius 3 is 2.42 bits per heavy atom. The number of rotatable bonds is 2. The summed E-state index contributed by atoms with van der Waals surface area (Å²) in [4.78, 5) is 0. The molecule has 12 heavy (non-hydrogen) atoms. The normalized spacial score (nSPS) is 18.8. The third-order valence-electron chi connectivity index (χ3n) is 2.17. The van der Waals surface area contributed by atoms with Crippen LogP contribution in [-0.2, 0) is 4.74 Å². The van der Waals surface area contributed by atoms with Gasteiger partial charge >= 0.3 is 0 Å². The molecule has 1 aliphatic carbocycles. The van der Waals surface area contributed by atoms with Crippen LogP contribution in [0.4, 0.5) is 0 Å². The minimum absolute atomic E-state index is 0.364. The smallest absolute Gasteiger partial charge is 0.186 e. The summed E-state index contributed by atoms with van der Waals surface area (Å²) < 4.78 is 5.58. The zero-order chi connectivity index (χ0) is 8.97. The molecule has 1 nitrogen and oxygen atoms in total. The van der Waals surface area contributed by atoms with Gasteiger partial charge in [0.15, 0.2) is 5.05 Å². The summed E-state index contributed by atoms with van der Waals surface area (Å²) in [6, 6.07) is 0. The molecule has 0 radical (unpaired) electrons. The molecule has 2 heteroatoms. The Morgan fingerprint density at radius 1 is 1.33 bits per heavy atom. The lowest BCUT2D eigenvalue weighted by atomic mass is 9.98. The molecule has 0 unspecified atom stereocenters. The topological polar surface area (TPSA) is 9.23 Å². The standard InChI is InChI=1S/C10H16OS/c1-8(2)10(12)11-9-6-4-3-5-7-9/h9H,1,3-7H2,2H3. The maximum absolute atomic E-state index is 5.58. The maximum atomic E-state index is 5.58. The van der Waals surface area contributed by atoms with Gasteiger partial charge in [-0.05, 0) is 50.4 Å². The van der Waals surface area contributed by atoms with Crippen LogP contribution in [0.1, 0.15) is 39.0 Å². The predicted octanol–water partition coefficient (Wildman–Crippen LogP) is 3.24. The van der Waals surface area contributed by atoms with Crippen molar-refractivity contribution in [1.29, 1.82) is 0 Å². The van der Waals surface area contributed by atoms with Gasteiger partial charge in [0.25, 0.3) is 0 Å². The van der Waals surface area contributed by atoms with Crippen molar-refractivity contribution in [1.82, 2.24) is 0 Å². The van der Waals surface area contributed by atoms with Gasteiger partial charge in [-0.2, -0.15) is 0 Å². The SMILES string of the molecule is C=C(C)C(=S)OC1CCCCC1. The van der Waals surface area contributed by atoms with Crippen molar-refractivity contribution in [3.05, 3.63) is 12.2 Å². The summed E-state index contributed by atoms with van der Waals surface area (Å²) in [5, 5.41) is 0.599. The molecule has 1 rings (SSSR count). The van der Waals surface area contributed by atoms with Crippen LogP contribution in [0.5, 0.6) is 0 Å². The first-order valence-electron chi connectivity index (χ1n) is 4.56. The molecule has 0 aromatic carbocycles. The lowest BCUT2D eigenvalue weighted by Crippen LogP contribution is -2.19. The van der Waals surface area contributed by atoms with Crippen molar-refractivity contribution >= 4 is 17.3 Å². The van der Waals surface area contributed by atoms with Crippen molar-refractivity contribution in [3.63, 3.8) is 0 Å². The quantitative estimate of drug-likeness (QED) is 0.481. The summed E-state index contributed by atoms with van der Waals surface area (Å²) >= 11 is 5.04. The van der Waals surface area contributed by atoms with Crippen molar-refractivity contribution in [2.45, 2.75) is 45.1 Å². The van der Waals surface area contributed by atoms with E-state index in [2.05, 4.69) is 6.58 Å². The lowest BCUT2D eigenvalue weighted by Gasteiger charge is -2.23. The molecule has 0 bridgehead atoms. The minimum atomic E-state index is 0.364. The summed E-state index contributed by atoms with van der Waals surface area (Å²) in [5.74, 6) is 0. The fourth-order valence-electron chi connectivity index (χ4n) is 1.43. The van der Waals surface area contributed by atoms with E-state index in [0.717, 1.165) is 18.4 Å². The predicted molar refractivity (Wildman–Crippen MR) is 55.4 cm³/mol. The second kappa shape index (κ2) is 4.61. The molecular formula is C10H16OS. The van der Waals surface area contributed by atoms with Gasteiger partial charge in [0.1, 0.15) is 0 Å². The van der Waals surface area contributed by atoms with Crippen LogP contribution in [0.25, 0.3) is 0 Å². The molecule has 1 saturated carbocycles. The maximum Gasteiger partial charge on any atom is 0.186 e. The number of hydrogen-bond acceptors (Lipinski definition) is 2. The van der Waals surface area contributed by atoms with Crippen LogP contribution in [0, 0.1) is 0 Å². The van der Waals surface area contributed by atoms with E-state index in [0.29, 0.717) is 11.2 Å². The molecule has 0 N–H and O–H groups in total. The van der Waals surface area contributed by atoms with Crippen molar-refractivity contribution in [3.8, 4) is 0 Å². The van der Waals surface area contributed by atoms with E-state index in [1.165, 1.54) is 19.3 Å². The van der Waals surface area contributed by atoms with Crippen LogP contribution in [0.3, 0.4) is 0 Å². The molecule has 0 saturated heterocycles. The molecule has 0 aromatic heterocycles. The van der Waals surface area contributed by atoms with Gasteiger partial charge in [-0.1, -0.05) is 13.0 Å². The van der Waals surface area contributed by atoms with Crippen molar-refractivity contribution < 1.29 is 4.74 Å². The Morgan fingerprint density at radius 2 is 1.92 bits per heavy atom. The zero-order valence-corrected chi connectivity index (χ0v) is 8.45. The molecule has 68 valence electrons. The molecule has 0 aromatic rings.